The molecule has 1 amide bonds. The zero-order valence-corrected chi connectivity index (χ0v) is 11.5. The summed E-state index contributed by atoms with van der Waals surface area (Å²) in [7, 11) is 0. The number of nitrogens with zero attached hydrogens (tertiary/aromatic N) is 1. The van der Waals surface area contributed by atoms with Gasteiger partial charge in [0.05, 0.1) is 10.8 Å². The van der Waals surface area contributed by atoms with Gasteiger partial charge in [-0.05, 0) is 29.5 Å². The van der Waals surface area contributed by atoms with Gasteiger partial charge >= 0.3 is 5.97 Å². The summed E-state index contributed by atoms with van der Waals surface area (Å²) < 4.78 is 0. The van der Waals surface area contributed by atoms with E-state index < -0.39 is 11.9 Å². The third-order valence-electron chi connectivity index (χ3n) is 3.48. The average Bonchev–Trinajstić information content (AvgIpc) is 2.99. The summed E-state index contributed by atoms with van der Waals surface area (Å²) in [5.74, 6) is -1.53. The van der Waals surface area contributed by atoms with E-state index in [1.807, 2.05) is 35.7 Å². The number of hydrogen-bond donors (Lipinski definition) is 1. The zero-order chi connectivity index (χ0) is 14.1. The second-order valence-electron chi connectivity index (χ2n) is 4.76. The average molecular weight is 287 g/mol. The maximum absolute atomic E-state index is 12.5. The van der Waals surface area contributed by atoms with E-state index in [1.165, 1.54) is 11.3 Å². The van der Waals surface area contributed by atoms with Crippen LogP contribution < -0.4 is 4.90 Å². The van der Waals surface area contributed by atoms with Crippen molar-refractivity contribution in [3.8, 4) is 0 Å². The number of aliphatic carboxylic acids is 1. The normalized spacial score (nSPS) is 17.6. The van der Waals surface area contributed by atoms with Crippen molar-refractivity contribution in [3.63, 3.8) is 0 Å². The number of carboxylic acid groups (broad SMARTS) is 1. The Hall–Kier alpha value is -2.14. The van der Waals surface area contributed by atoms with Crippen molar-refractivity contribution in [2.24, 2.45) is 5.92 Å². The largest absolute Gasteiger partial charge is 0.481 e. The Morgan fingerprint density at radius 3 is 2.70 bits per heavy atom. The van der Waals surface area contributed by atoms with Crippen molar-refractivity contribution < 1.29 is 14.7 Å². The first-order chi connectivity index (χ1) is 9.66. The number of para-hydroxylation sites is 1. The van der Waals surface area contributed by atoms with Gasteiger partial charge in [-0.25, -0.2) is 0 Å². The molecule has 20 heavy (non-hydrogen) atoms. The van der Waals surface area contributed by atoms with Gasteiger partial charge in [-0.2, -0.15) is 0 Å². The Kier molecular flexibility index (Phi) is 3.28. The molecule has 5 heteroatoms. The van der Waals surface area contributed by atoms with E-state index in [1.54, 1.807) is 11.0 Å². The first kappa shape index (κ1) is 12.9. The second kappa shape index (κ2) is 5.09. The number of benzene rings is 1. The van der Waals surface area contributed by atoms with Gasteiger partial charge in [0.15, 0.2) is 0 Å². The highest BCUT2D eigenvalue weighted by atomic mass is 32.1. The number of thiophene rings is 1. The van der Waals surface area contributed by atoms with Crippen molar-refractivity contribution in [1.29, 1.82) is 0 Å². The summed E-state index contributed by atoms with van der Waals surface area (Å²) >= 11 is 1.37. The molecule has 3 rings (SSSR count). The molecule has 0 spiro atoms. The molecule has 1 aliphatic rings. The summed E-state index contributed by atoms with van der Waals surface area (Å²) in [6.07, 6.45) is 0.472. The quantitative estimate of drug-likeness (QED) is 0.923. The smallest absolute Gasteiger partial charge is 0.308 e. The molecular formula is C15H13NO3S. The van der Waals surface area contributed by atoms with Crippen LogP contribution in [0.1, 0.15) is 15.2 Å². The van der Waals surface area contributed by atoms with Crippen LogP contribution in [-0.2, 0) is 11.2 Å². The number of fused-ring (bicyclic) bond motifs is 1. The molecule has 0 fully saturated rings. The molecule has 1 atom stereocenters. The molecule has 2 aromatic rings. The number of carbonyl (C=O) groups excluding carboxylic acids is 1. The van der Waals surface area contributed by atoms with Crippen LogP contribution in [0.3, 0.4) is 0 Å². The lowest BCUT2D eigenvalue weighted by Gasteiger charge is -2.32. The number of hydrogen-bond acceptors (Lipinski definition) is 3. The molecule has 102 valence electrons. The SMILES string of the molecule is O=C(O)C1Cc2ccccc2N(C(=O)c2cccs2)C1. The minimum Gasteiger partial charge on any atom is -0.481 e. The minimum atomic E-state index is -0.858. The van der Waals surface area contributed by atoms with Crippen LogP contribution in [0.25, 0.3) is 0 Å². The molecular weight excluding hydrogens is 274 g/mol. The van der Waals surface area contributed by atoms with Crippen LogP contribution in [-0.4, -0.2) is 23.5 Å². The van der Waals surface area contributed by atoms with E-state index >= 15 is 0 Å². The predicted octanol–water partition coefficient (Wildman–Crippen LogP) is 2.65. The van der Waals surface area contributed by atoms with E-state index in [0.717, 1.165) is 11.3 Å². The molecule has 1 aromatic carbocycles. The minimum absolute atomic E-state index is 0.126. The molecule has 0 saturated carbocycles. The van der Waals surface area contributed by atoms with Crippen molar-refractivity contribution in [1.82, 2.24) is 0 Å². The summed E-state index contributed by atoms with van der Waals surface area (Å²) in [6, 6.07) is 11.1. The van der Waals surface area contributed by atoms with Crippen LogP contribution in [0.15, 0.2) is 41.8 Å². The van der Waals surface area contributed by atoms with Gasteiger partial charge in [0, 0.05) is 12.2 Å². The van der Waals surface area contributed by atoms with E-state index in [0.29, 0.717) is 11.3 Å². The van der Waals surface area contributed by atoms with Gasteiger partial charge < -0.3 is 10.0 Å². The number of carbonyl (C=O) groups is 2. The molecule has 1 aromatic heterocycles. The van der Waals surface area contributed by atoms with Gasteiger partial charge in [0.2, 0.25) is 0 Å². The van der Waals surface area contributed by atoms with E-state index in [4.69, 9.17) is 0 Å². The predicted molar refractivity (Wildman–Crippen MR) is 77.3 cm³/mol. The Morgan fingerprint density at radius 1 is 1.20 bits per heavy atom. The van der Waals surface area contributed by atoms with Crippen molar-refractivity contribution in [2.75, 3.05) is 11.4 Å². The monoisotopic (exact) mass is 287 g/mol. The molecule has 4 nitrogen and oxygen atoms in total. The number of amides is 1. The molecule has 2 heterocycles. The molecule has 0 aliphatic carbocycles. The first-order valence-electron chi connectivity index (χ1n) is 6.33. The van der Waals surface area contributed by atoms with Gasteiger partial charge in [0.1, 0.15) is 0 Å². The van der Waals surface area contributed by atoms with Crippen molar-refractivity contribution >= 4 is 28.9 Å². The summed E-state index contributed by atoms with van der Waals surface area (Å²) in [4.78, 5) is 26.0. The number of rotatable bonds is 2. The topological polar surface area (TPSA) is 57.6 Å². The third kappa shape index (κ3) is 2.20. The van der Waals surface area contributed by atoms with Crippen LogP contribution in [0.2, 0.25) is 0 Å². The molecule has 0 saturated heterocycles. The lowest BCUT2D eigenvalue weighted by molar-refractivity contribution is -0.141. The molecule has 0 bridgehead atoms. The highest BCUT2D eigenvalue weighted by Gasteiger charge is 2.32. The highest BCUT2D eigenvalue weighted by Crippen LogP contribution is 2.31. The van der Waals surface area contributed by atoms with Crippen molar-refractivity contribution in [3.05, 3.63) is 52.2 Å². The zero-order valence-electron chi connectivity index (χ0n) is 10.7. The Balaban J connectivity index is 2.01. The van der Waals surface area contributed by atoms with E-state index in [-0.39, 0.29) is 12.5 Å². The van der Waals surface area contributed by atoms with Crippen LogP contribution in [0, 0.1) is 5.92 Å². The molecule has 0 radical (unpaired) electrons. The lowest BCUT2D eigenvalue weighted by Crippen LogP contribution is -2.42. The summed E-state index contributed by atoms with van der Waals surface area (Å²) in [6.45, 7) is 0.225. The van der Waals surface area contributed by atoms with Crippen LogP contribution in [0.4, 0.5) is 5.69 Å². The third-order valence-corrected chi connectivity index (χ3v) is 4.34. The van der Waals surface area contributed by atoms with Gasteiger partial charge in [0.25, 0.3) is 5.91 Å². The fourth-order valence-corrected chi connectivity index (χ4v) is 3.16. The number of carboxylic acids is 1. The first-order valence-corrected chi connectivity index (χ1v) is 7.21. The molecule has 1 unspecified atom stereocenters. The maximum atomic E-state index is 12.5. The fourth-order valence-electron chi connectivity index (χ4n) is 2.49. The van der Waals surface area contributed by atoms with Crippen molar-refractivity contribution in [2.45, 2.75) is 6.42 Å². The Morgan fingerprint density at radius 2 is 2.00 bits per heavy atom. The van der Waals surface area contributed by atoms with Gasteiger partial charge in [-0.1, -0.05) is 24.3 Å². The van der Waals surface area contributed by atoms with Crippen LogP contribution in [0.5, 0.6) is 0 Å². The maximum Gasteiger partial charge on any atom is 0.308 e. The fraction of sp³-hybridized carbons (Fsp3) is 0.200. The number of anilines is 1. The van der Waals surface area contributed by atoms with Gasteiger partial charge in [-0.15, -0.1) is 11.3 Å². The van der Waals surface area contributed by atoms with Gasteiger partial charge in [-0.3, -0.25) is 9.59 Å². The van der Waals surface area contributed by atoms with E-state index in [9.17, 15) is 14.7 Å². The summed E-state index contributed by atoms with van der Waals surface area (Å²) in [5.41, 5.74) is 1.74. The highest BCUT2D eigenvalue weighted by molar-refractivity contribution is 7.12. The second-order valence-corrected chi connectivity index (χ2v) is 5.71. The Bertz CT molecular complexity index is 651. The lowest BCUT2D eigenvalue weighted by atomic mass is 9.92. The molecule has 1 N–H and O–H groups in total. The standard InChI is InChI=1S/C15H13NO3S/c17-14(13-6-3-7-20-13)16-9-11(15(18)19)8-10-4-1-2-5-12(10)16/h1-7,11H,8-9H2,(H,18,19). The molecule has 1 aliphatic heterocycles. The van der Waals surface area contributed by atoms with Crippen LogP contribution >= 0.6 is 11.3 Å². The Labute approximate surface area is 120 Å². The summed E-state index contributed by atoms with van der Waals surface area (Å²) in [5, 5.41) is 11.1. The van der Waals surface area contributed by atoms with E-state index in [2.05, 4.69) is 0 Å².